The number of ether oxygens (including phenoxy) is 2. The summed E-state index contributed by atoms with van der Waals surface area (Å²) in [4.78, 5) is 35.3. The third-order valence-electron chi connectivity index (χ3n) is 3.31. The van der Waals surface area contributed by atoms with Crippen LogP contribution in [0.4, 0.5) is 0 Å². The summed E-state index contributed by atoms with van der Waals surface area (Å²) in [6, 6.07) is 0. The van der Waals surface area contributed by atoms with Gasteiger partial charge in [-0.05, 0) is 20.3 Å². The summed E-state index contributed by atoms with van der Waals surface area (Å²) in [5.74, 6) is -3.37. The fourth-order valence-electron chi connectivity index (χ4n) is 2.32. The molecule has 6 nitrogen and oxygen atoms in total. The topological polar surface area (TPSA) is 89.9 Å². The van der Waals surface area contributed by atoms with Crippen molar-refractivity contribution >= 4 is 17.7 Å². The van der Waals surface area contributed by atoms with Gasteiger partial charge in [-0.1, -0.05) is 0 Å². The van der Waals surface area contributed by atoms with Crippen molar-refractivity contribution in [1.82, 2.24) is 0 Å². The van der Waals surface area contributed by atoms with E-state index in [1.54, 1.807) is 13.8 Å². The van der Waals surface area contributed by atoms with Gasteiger partial charge in [-0.15, -0.1) is 0 Å². The van der Waals surface area contributed by atoms with Gasteiger partial charge in [0.1, 0.15) is 11.7 Å². The van der Waals surface area contributed by atoms with Crippen LogP contribution in [0.25, 0.3) is 0 Å². The Bertz CT molecular complexity index is 351. The molecule has 3 unspecified atom stereocenters. The first-order valence-corrected chi connectivity index (χ1v) is 6.51. The van der Waals surface area contributed by atoms with Gasteiger partial charge in [-0.2, -0.15) is 0 Å². The van der Waals surface area contributed by atoms with E-state index in [-0.39, 0.29) is 38.4 Å². The minimum atomic E-state index is -0.919. The maximum absolute atomic E-state index is 11.8. The van der Waals surface area contributed by atoms with Crippen LogP contribution in [0.5, 0.6) is 0 Å². The van der Waals surface area contributed by atoms with Crippen LogP contribution in [0.3, 0.4) is 0 Å². The van der Waals surface area contributed by atoms with Crippen molar-refractivity contribution in [2.24, 2.45) is 17.8 Å². The summed E-state index contributed by atoms with van der Waals surface area (Å²) in [5, 5.41) is 9.25. The van der Waals surface area contributed by atoms with Crippen LogP contribution < -0.4 is 0 Å². The molecule has 1 N–H and O–H groups in total. The Morgan fingerprint density at radius 2 is 1.79 bits per heavy atom. The van der Waals surface area contributed by atoms with Crippen LogP contribution in [0.2, 0.25) is 0 Å². The Morgan fingerprint density at radius 1 is 1.21 bits per heavy atom. The molecule has 0 amide bonds. The molecule has 0 heterocycles. The number of aliphatic hydroxyl groups is 1. The first kappa shape index (κ1) is 15.6. The molecular formula is C13H20O6. The van der Waals surface area contributed by atoms with Crippen molar-refractivity contribution in [3.8, 4) is 0 Å². The third-order valence-corrected chi connectivity index (χ3v) is 3.31. The second kappa shape index (κ2) is 7.23. The lowest BCUT2D eigenvalue weighted by molar-refractivity contribution is -0.160. The number of aliphatic hydroxyl groups excluding tert-OH is 1. The van der Waals surface area contributed by atoms with Gasteiger partial charge >= 0.3 is 11.9 Å². The van der Waals surface area contributed by atoms with E-state index in [0.29, 0.717) is 0 Å². The normalized spacial score (nSPS) is 26.9. The molecule has 1 saturated carbocycles. The van der Waals surface area contributed by atoms with E-state index in [1.165, 1.54) is 0 Å². The fraction of sp³-hybridized carbons (Fsp3) is 0.769. The Balaban J connectivity index is 2.81. The molecule has 3 atom stereocenters. The van der Waals surface area contributed by atoms with Gasteiger partial charge in [0.2, 0.25) is 0 Å². The van der Waals surface area contributed by atoms with Gasteiger partial charge in [-0.25, -0.2) is 0 Å². The highest BCUT2D eigenvalue weighted by molar-refractivity contribution is 6.00. The zero-order valence-corrected chi connectivity index (χ0v) is 11.3. The van der Waals surface area contributed by atoms with Crippen molar-refractivity contribution in [3.05, 3.63) is 0 Å². The second-order valence-electron chi connectivity index (χ2n) is 4.51. The summed E-state index contributed by atoms with van der Waals surface area (Å²) in [7, 11) is 0. The lowest BCUT2D eigenvalue weighted by Gasteiger charge is -2.31. The van der Waals surface area contributed by atoms with Crippen LogP contribution in [-0.4, -0.2) is 42.6 Å². The van der Waals surface area contributed by atoms with E-state index >= 15 is 0 Å². The molecule has 1 aliphatic rings. The predicted octanol–water partition coefficient (Wildman–Crippen LogP) is 0.316. The van der Waals surface area contributed by atoms with Crippen LogP contribution in [0.1, 0.15) is 26.7 Å². The summed E-state index contributed by atoms with van der Waals surface area (Å²) in [6.45, 7) is 3.49. The average Bonchev–Trinajstić information content (AvgIpc) is 2.38. The summed E-state index contributed by atoms with van der Waals surface area (Å²) < 4.78 is 9.76. The Hall–Kier alpha value is -1.43. The molecule has 0 aromatic rings. The smallest absolute Gasteiger partial charge is 0.316 e. The molecule has 0 aromatic heterocycles. The van der Waals surface area contributed by atoms with E-state index in [4.69, 9.17) is 9.47 Å². The van der Waals surface area contributed by atoms with Crippen LogP contribution in [-0.2, 0) is 23.9 Å². The summed E-state index contributed by atoms with van der Waals surface area (Å²) in [5.41, 5.74) is 0. The molecule has 1 fully saturated rings. The molecule has 1 rings (SSSR count). The minimum absolute atomic E-state index is 0.00343. The van der Waals surface area contributed by atoms with Crippen molar-refractivity contribution in [2.45, 2.75) is 26.7 Å². The Labute approximate surface area is 112 Å². The van der Waals surface area contributed by atoms with Gasteiger partial charge in [-0.3, -0.25) is 14.4 Å². The van der Waals surface area contributed by atoms with Crippen molar-refractivity contribution < 1.29 is 29.0 Å². The molecule has 0 aliphatic heterocycles. The molecular weight excluding hydrogens is 252 g/mol. The van der Waals surface area contributed by atoms with E-state index in [0.717, 1.165) is 0 Å². The lowest BCUT2D eigenvalue weighted by Crippen LogP contribution is -2.42. The van der Waals surface area contributed by atoms with Crippen molar-refractivity contribution in [3.63, 3.8) is 0 Å². The molecule has 108 valence electrons. The van der Waals surface area contributed by atoms with E-state index < -0.39 is 29.7 Å². The first-order valence-electron chi connectivity index (χ1n) is 6.51. The maximum atomic E-state index is 11.8. The van der Waals surface area contributed by atoms with Gasteiger partial charge in [0.25, 0.3) is 0 Å². The largest absolute Gasteiger partial charge is 0.466 e. The Morgan fingerprint density at radius 3 is 2.32 bits per heavy atom. The molecule has 6 heteroatoms. The molecule has 0 radical (unpaired) electrons. The zero-order chi connectivity index (χ0) is 14.4. The summed E-state index contributed by atoms with van der Waals surface area (Å²) >= 11 is 0. The number of hydrogen-bond donors (Lipinski definition) is 1. The fourth-order valence-corrected chi connectivity index (χ4v) is 2.32. The third kappa shape index (κ3) is 3.76. The first-order chi connectivity index (χ1) is 9.04. The number of hydrogen-bond acceptors (Lipinski definition) is 6. The highest BCUT2D eigenvalue weighted by atomic mass is 16.5. The molecule has 0 aromatic carbocycles. The van der Waals surface area contributed by atoms with Gasteiger partial charge in [0.15, 0.2) is 0 Å². The highest BCUT2D eigenvalue weighted by Gasteiger charge is 2.43. The van der Waals surface area contributed by atoms with Gasteiger partial charge in [0, 0.05) is 18.9 Å². The van der Waals surface area contributed by atoms with E-state index in [9.17, 15) is 19.5 Å². The SMILES string of the molecule is CCOC(=O)C1CC(C(=O)OCC)C(CO)CC1=O. The highest BCUT2D eigenvalue weighted by Crippen LogP contribution is 2.33. The standard InChI is InChI=1S/C13H20O6/c1-3-18-12(16)9-6-10(13(17)19-4-2)11(15)5-8(9)7-14/h8-10,14H,3-7H2,1-2H3. The number of ketones is 1. The molecule has 0 spiro atoms. The predicted molar refractivity (Wildman–Crippen MR) is 65.1 cm³/mol. The molecule has 0 bridgehead atoms. The number of rotatable bonds is 5. The van der Waals surface area contributed by atoms with Crippen LogP contribution in [0, 0.1) is 17.8 Å². The second-order valence-corrected chi connectivity index (χ2v) is 4.51. The average molecular weight is 272 g/mol. The summed E-state index contributed by atoms with van der Waals surface area (Å²) in [6.07, 6.45) is 0.0607. The monoisotopic (exact) mass is 272 g/mol. The quantitative estimate of drug-likeness (QED) is 0.572. The number of carbonyl (C=O) groups is 3. The van der Waals surface area contributed by atoms with Crippen LogP contribution >= 0.6 is 0 Å². The lowest BCUT2D eigenvalue weighted by atomic mass is 9.73. The molecule has 1 aliphatic carbocycles. The van der Waals surface area contributed by atoms with E-state index in [2.05, 4.69) is 0 Å². The number of esters is 2. The zero-order valence-electron chi connectivity index (χ0n) is 11.3. The number of Topliss-reactive ketones (excluding diaryl/α,β-unsaturated/α-hetero) is 1. The molecule has 19 heavy (non-hydrogen) atoms. The van der Waals surface area contributed by atoms with Gasteiger partial charge in [0.05, 0.1) is 19.1 Å². The van der Waals surface area contributed by atoms with Crippen molar-refractivity contribution in [1.29, 1.82) is 0 Å². The van der Waals surface area contributed by atoms with Gasteiger partial charge < -0.3 is 14.6 Å². The number of carbonyl (C=O) groups excluding carboxylic acids is 3. The Kier molecular flexibility index (Phi) is 5.95. The maximum Gasteiger partial charge on any atom is 0.316 e. The van der Waals surface area contributed by atoms with Crippen LogP contribution in [0.15, 0.2) is 0 Å². The van der Waals surface area contributed by atoms with E-state index in [1.807, 2.05) is 0 Å². The van der Waals surface area contributed by atoms with Crippen molar-refractivity contribution in [2.75, 3.05) is 19.8 Å². The minimum Gasteiger partial charge on any atom is -0.466 e. The molecule has 0 saturated heterocycles.